The van der Waals surface area contributed by atoms with Gasteiger partial charge in [-0.1, -0.05) is 25.0 Å². The maximum absolute atomic E-state index is 12.2. The van der Waals surface area contributed by atoms with Crippen LogP contribution in [0.4, 0.5) is 8.78 Å². The van der Waals surface area contributed by atoms with Gasteiger partial charge in [-0.2, -0.15) is 8.78 Å². The Kier molecular flexibility index (Phi) is 7.85. The summed E-state index contributed by atoms with van der Waals surface area (Å²) in [5, 5.41) is 10.5. The van der Waals surface area contributed by atoms with Crippen LogP contribution in [-0.2, 0) is 0 Å². The van der Waals surface area contributed by atoms with E-state index in [1.54, 1.807) is 12.1 Å². The van der Waals surface area contributed by atoms with Crippen LogP contribution in [0.5, 0.6) is 5.75 Å². The first-order chi connectivity index (χ1) is 13.1. The molecule has 1 atom stereocenters. The van der Waals surface area contributed by atoms with Crippen LogP contribution < -0.4 is 4.74 Å². The summed E-state index contributed by atoms with van der Waals surface area (Å²) >= 11 is 0. The number of piperidine rings is 1. The minimum atomic E-state index is -2.82. The monoisotopic (exact) mass is 382 g/mol. The van der Waals surface area contributed by atoms with Gasteiger partial charge in [0.15, 0.2) is 0 Å². The summed E-state index contributed by atoms with van der Waals surface area (Å²) in [6, 6.07) is 6.29. The van der Waals surface area contributed by atoms with E-state index < -0.39 is 12.7 Å². The zero-order valence-corrected chi connectivity index (χ0v) is 16.0. The first-order valence-corrected chi connectivity index (χ1v) is 10.3. The molecule has 27 heavy (non-hydrogen) atoms. The predicted molar refractivity (Wildman–Crippen MR) is 102 cm³/mol. The molecule has 4 nitrogen and oxygen atoms in total. The van der Waals surface area contributed by atoms with E-state index in [2.05, 4.69) is 14.5 Å². The Morgan fingerprint density at radius 2 is 1.56 bits per heavy atom. The Morgan fingerprint density at radius 3 is 2.15 bits per heavy atom. The molecule has 2 fully saturated rings. The molecular formula is C21H32F2N2O2. The van der Waals surface area contributed by atoms with E-state index in [1.807, 2.05) is 0 Å². The minimum Gasteiger partial charge on any atom is -0.435 e. The van der Waals surface area contributed by atoms with Crippen molar-refractivity contribution < 1.29 is 18.6 Å². The molecule has 2 aliphatic heterocycles. The summed E-state index contributed by atoms with van der Waals surface area (Å²) in [5.74, 6) is 0.887. The van der Waals surface area contributed by atoms with E-state index >= 15 is 0 Å². The molecule has 0 bridgehead atoms. The summed E-state index contributed by atoms with van der Waals surface area (Å²) in [6.45, 7) is 3.53. The molecule has 0 aliphatic carbocycles. The second-order valence-electron chi connectivity index (χ2n) is 7.92. The van der Waals surface area contributed by atoms with Crippen LogP contribution >= 0.6 is 0 Å². The van der Waals surface area contributed by atoms with Crippen LogP contribution in [0.25, 0.3) is 0 Å². The highest BCUT2D eigenvalue weighted by atomic mass is 19.3. The quantitative estimate of drug-likeness (QED) is 0.776. The number of aliphatic hydroxyl groups excluding tert-OH is 1. The average molecular weight is 382 g/mol. The van der Waals surface area contributed by atoms with E-state index in [0.29, 0.717) is 6.54 Å². The molecule has 1 aromatic rings. The largest absolute Gasteiger partial charge is 0.435 e. The lowest BCUT2D eigenvalue weighted by molar-refractivity contribution is -0.0498. The molecule has 0 spiro atoms. The van der Waals surface area contributed by atoms with Crippen molar-refractivity contribution in [1.29, 1.82) is 0 Å². The number of hydrogen-bond donors (Lipinski definition) is 1. The van der Waals surface area contributed by atoms with Crippen molar-refractivity contribution in [2.45, 2.75) is 51.2 Å². The third-order valence-electron chi connectivity index (χ3n) is 5.84. The number of halogens is 2. The molecule has 1 N–H and O–H groups in total. The number of β-amino-alcohol motifs (C(OH)–C–C–N with tert-alkyl or cyclic N) is 1. The highest BCUT2D eigenvalue weighted by Gasteiger charge is 2.23. The van der Waals surface area contributed by atoms with E-state index in [9.17, 15) is 13.9 Å². The van der Waals surface area contributed by atoms with Gasteiger partial charge in [0.2, 0.25) is 0 Å². The maximum Gasteiger partial charge on any atom is 0.387 e. The number of rotatable bonds is 7. The molecule has 2 heterocycles. The van der Waals surface area contributed by atoms with Gasteiger partial charge in [0.1, 0.15) is 5.75 Å². The number of alkyl halides is 2. The molecule has 2 saturated heterocycles. The smallest absolute Gasteiger partial charge is 0.387 e. The second kappa shape index (κ2) is 10.3. The van der Waals surface area contributed by atoms with Gasteiger partial charge < -0.3 is 19.6 Å². The van der Waals surface area contributed by atoms with Gasteiger partial charge in [-0.15, -0.1) is 0 Å². The van der Waals surface area contributed by atoms with Gasteiger partial charge in [-0.25, -0.2) is 0 Å². The van der Waals surface area contributed by atoms with Gasteiger partial charge in [0.25, 0.3) is 0 Å². The number of ether oxygens (including phenoxy) is 1. The lowest BCUT2D eigenvalue weighted by atomic mass is 9.95. The molecular weight excluding hydrogens is 350 g/mol. The number of nitrogens with zero attached hydrogens (tertiary/aromatic N) is 2. The Balaban J connectivity index is 1.40. The number of hydrogen-bond acceptors (Lipinski definition) is 4. The molecule has 6 heteroatoms. The Morgan fingerprint density at radius 1 is 0.926 bits per heavy atom. The summed E-state index contributed by atoms with van der Waals surface area (Å²) in [4.78, 5) is 4.96. The average Bonchev–Trinajstić information content (AvgIpc) is 2.92. The Bertz CT molecular complexity index is 540. The van der Waals surface area contributed by atoms with E-state index in [1.165, 1.54) is 70.3 Å². The topological polar surface area (TPSA) is 35.9 Å². The van der Waals surface area contributed by atoms with Crippen LogP contribution in [0.2, 0.25) is 0 Å². The van der Waals surface area contributed by atoms with Gasteiger partial charge in [-0.3, -0.25) is 0 Å². The molecule has 1 unspecified atom stereocenters. The van der Waals surface area contributed by atoms with Gasteiger partial charge in [-0.05, 0) is 75.5 Å². The van der Waals surface area contributed by atoms with Crippen LogP contribution in [-0.4, -0.2) is 60.8 Å². The van der Waals surface area contributed by atoms with Crippen molar-refractivity contribution in [3.05, 3.63) is 29.8 Å². The highest BCUT2D eigenvalue weighted by molar-refractivity contribution is 5.28. The minimum absolute atomic E-state index is 0.121. The fraction of sp³-hybridized carbons (Fsp3) is 0.714. The molecule has 0 aromatic heterocycles. The van der Waals surface area contributed by atoms with Gasteiger partial charge >= 0.3 is 6.61 Å². The number of aliphatic hydroxyl groups is 1. The molecule has 152 valence electrons. The van der Waals surface area contributed by atoms with Gasteiger partial charge in [0, 0.05) is 13.1 Å². The van der Waals surface area contributed by atoms with Crippen molar-refractivity contribution in [1.82, 2.24) is 9.80 Å². The first kappa shape index (κ1) is 20.5. The molecule has 0 saturated carbocycles. The second-order valence-corrected chi connectivity index (χ2v) is 7.92. The summed E-state index contributed by atoms with van der Waals surface area (Å²) in [7, 11) is 0. The summed E-state index contributed by atoms with van der Waals surface area (Å²) in [5.41, 5.74) is 0.739. The Labute approximate surface area is 161 Å². The molecule has 1 aromatic carbocycles. The number of likely N-dealkylation sites (tertiary alicyclic amines) is 2. The summed E-state index contributed by atoms with van der Waals surface area (Å²) < 4.78 is 28.8. The van der Waals surface area contributed by atoms with Crippen LogP contribution in [0.3, 0.4) is 0 Å². The third kappa shape index (κ3) is 6.70. The molecule has 0 amide bonds. The number of benzene rings is 1. The highest BCUT2D eigenvalue weighted by Crippen LogP contribution is 2.24. The van der Waals surface area contributed by atoms with Crippen molar-refractivity contribution in [2.24, 2.45) is 5.92 Å². The van der Waals surface area contributed by atoms with Crippen LogP contribution in [0.1, 0.15) is 50.2 Å². The lowest BCUT2D eigenvalue weighted by Crippen LogP contribution is -2.40. The predicted octanol–water partition coefficient (Wildman–Crippen LogP) is 3.91. The molecule has 3 rings (SSSR count). The van der Waals surface area contributed by atoms with Crippen LogP contribution in [0.15, 0.2) is 24.3 Å². The zero-order chi connectivity index (χ0) is 19.1. The van der Waals surface area contributed by atoms with Crippen molar-refractivity contribution in [3.8, 4) is 5.75 Å². The van der Waals surface area contributed by atoms with Gasteiger partial charge in [0.05, 0.1) is 6.10 Å². The first-order valence-electron chi connectivity index (χ1n) is 10.3. The summed E-state index contributed by atoms with van der Waals surface area (Å²) in [6.07, 6.45) is 7.20. The normalized spacial score (nSPS) is 21.9. The zero-order valence-electron chi connectivity index (χ0n) is 16.0. The van der Waals surface area contributed by atoms with Crippen molar-refractivity contribution in [3.63, 3.8) is 0 Å². The standard InChI is InChI=1S/C21H32F2N2O2/c22-21(23)27-19-7-5-18(6-8-19)20(26)16-25-13-9-17(10-14-25)15-24-11-3-1-2-4-12-24/h5-8,17,20-21,26H,1-4,9-16H2. The SMILES string of the molecule is OC(CN1CCC(CN2CCCCCC2)CC1)c1ccc(OC(F)F)cc1. The van der Waals surface area contributed by atoms with Crippen LogP contribution in [0, 0.1) is 5.92 Å². The van der Waals surface area contributed by atoms with Crippen molar-refractivity contribution in [2.75, 3.05) is 39.3 Å². The Hall–Kier alpha value is -1.24. The fourth-order valence-electron chi connectivity index (χ4n) is 4.26. The molecule has 2 aliphatic rings. The maximum atomic E-state index is 12.2. The van der Waals surface area contributed by atoms with E-state index in [0.717, 1.165) is 24.6 Å². The van der Waals surface area contributed by atoms with E-state index in [-0.39, 0.29) is 5.75 Å². The lowest BCUT2D eigenvalue weighted by Gasteiger charge is -2.35. The van der Waals surface area contributed by atoms with E-state index in [4.69, 9.17) is 0 Å². The molecule has 0 radical (unpaired) electrons. The third-order valence-corrected chi connectivity index (χ3v) is 5.84. The fourth-order valence-corrected chi connectivity index (χ4v) is 4.26. The van der Waals surface area contributed by atoms with Crippen molar-refractivity contribution >= 4 is 0 Å².